The van der Waals surface area contributed by atoms with Gasteiger partial charge in [0.15, 0.2) is 5.69 Å². The Morgan fingerprint density at radius 1 is 1.91 bits per heavy atom. The van der Waals surface area contributed by atoms with Gasteiger partial charge in [-0.1, -0.05) is 0 Å². The van der Waals surface area contributed by atoms with Crippen molar-refractivity contribution in [2.75, 3.05) is 6.61 Å². The van der Waals surface area contributed by atoms with E-state index in [0.29, 0.717) is 16.5 Å². The molecule has 0 saturated carbocycles. The Kier molecular flexibility index (Phi) is 2.90. The molecule has 0 fully saturated rings. The van der Waals surface area contributed by atoms with Crippen LogP contribution in [-0.4, -0.2) is 17.6 Å². The van der Waals surface area contributed by atoms with Crippen molar-refractivity contribution in [1.29, 1.82) is 0 Å². The van der Waals surface area contributed by atoms with Crippen molar-refractivity contribution in [3.8, 4) is 0 Å². The average molecular weight is 189 g/mol. The van der Waals surface area contributed by atoms with Gasteiger partial charge in [0.25, 0.3) is 0 Å². The summed E-state index contributed by atoms with van der Waals surface area (Å²) in [5, 5.41) is 0. The Hall–Kier alpha value is -0.550. The van der Waals surface area contributed by atoms with Gasteiger partial charge in [-0.3, -0.25) is 0 Å². The summed E-state index contributed by atoms with van der Waals surface area (Å²) in [6.07, 6.45) is 0. The first kappa shape index (κ1) is 8.55. The number of nitrogens with zero attached hydrogens (tertiary/aromatic N) is 1. The van der Waals surface area contributed by atoms with E-state index < -0.39 is 5.97 Å². The number of aromatic nitrogens is 1. The lowest BCUT2D eigenvalue weighted by Crippen LogP contribution is -2.05. The molecule has 1 rings (SSSR count). The molecule has 0 atom stereocenters. The zero-order chi connectivity index (χ0) is 8.27. The Balaban J connectivity index is 2.76. The molecule has 11 heavy (non-hydrogen) atoms. The highest BCUT2D eigenvalue weighted by Gasteiger charge is 2.12. The number of ether oxygens (including phenoxy) is 1. The van der Waals surface area contributed by atoms with Crippen LogP contribution < -0.4 is 0 Å². The lowest BCUT2D eigenvalue weighted by atomic mass is 10.5. The van der Waals surface area contributed by atoms with Crippen LogP contribution in [0.15, 0.2) is 9.72 Å². The third-order valence-corrected chi connectivity index (χ3v) is 2.17. The highest BCUT2D eigenvalue weighted by Crippen LogP contribution is 2.17. The van der Waals surface area contributed by atoms with E-state index in [-0.39, 0.29) is 0 Å². The molecule has 0 N–H and O–H groups in total. The van der Waals surface area contributed by atoms with E-state index >= 15 is 0 Å². The monoisotopic (exact) mass is 189 g/mol. The molecule has 0 spiro atoms. The second kappa shape index (κ2) is 3.73. The average Bonchev–Trinajstić information content (AvgIpc) is 2.36. The van der Waals surface area contributed by atoms with Crippen LogP contribution in [0.5, 0.6) is 0 Å². The van der Waals surface area contributed by atoms with E-state index in [1.165, 1.54) is 11.3 Å². The summed E-state index contributed by atoms with van der Waals surface area (Å²) in [5.74, 6) is -0.404. The lowest BCUT2D eigenvalue weighted by molar-refractivity contribution is 0.0516. The maximum Gasteiger partial charge on any atom is 0.358 e. The quantitative estimate of drug-likeness (QED) is 0.567. The highest BCUT2D eigenvalue weighted by molar-refractivity contribution is 7.82. The van der Waals surface area contributed by atoms with E-state index in [2.05, 4.69) is 17.6 Å². The van der Waals surface area contributed by atoms with Gasteiger partial charge in [0.1, 0.15) is 0 Å². The van der Waals surface area contributed by atoms with E-state index in [1.807, 2.05) is 0 Å². The number of rotatable bonds is 2. The van der Waals surface area contributed by atoms with Crippen LogP contribution in [0.2, 0.25) is 0 Å². The first-order valence-electron chi connectivity index (χ1n) is 3.05. The fourth-order valence-electron chi connectivity index (χ4n) is 0.579. The normalized spacial score (nSPS) is 9.64. The van der Waals surface area contributed by atoms with Crippen LogP contribution in [-0.2, 0) is 4.74 Å². The zero-order valence-electron chi connectivity index (χ0n) is 5.90. The molecule has 5 heteroatoms. The first-order chi connectivity index (χ1) is 5.25. The summed E-state index contributed by atoms with van der Waals surface area (Å²) in [6, 6.07) is 0. The number of carbonyl (C=O) groups is 1. The molecule has 0 radical (unpaired) electrons. The fourth-order valence-corrected chi connectivity index (χ4v) is 1.38. The van der Waals surface area contributed by atoms with E-state index in [1.54, 1.807) is 12.4 Å². The zero-order valence-corrected chi connectivity index (χ0v) is 7.61. The van der Waals surface area contributed by atoms with Crippen molar-refractivity contribution in [1.82, 2.24) is 4.98 Å². The largest absolute Gasteiger partial charge is 0.461 e. The Morgan fingerprint density at radius 3 is 3.09 bits per heavy atom. The molecular formula is C6H7NO2S2. The molecule has 0 saturated heterocycles. The summed E-state index contributed by atoms with van der Waals surface area (Å²) in [6.45, 7) is 2.12. The SMILES string of the molecule is CCOC(=O)c1ncsc1S. The maximum atomic E-state index is 11.0. The lowest BCUT2D eigenvalue weighted by Gasteiger charge is -1.96. The minimum atomic E-state index is -0.404. The number of hydrogen-bond acceptors (Lipinski definition) is 5. The topological polar surface area (TPSA) is 39.2 Å². The van der Waals surface area contributed by atoms with E-state index in [4.69, 9.17) is 4.74 Å². The number of hydrogen-bond donors (Lipinski definition) is 1. The van der Waals surface area contributed by atoms with Gasteiger partial charge in [-0.15, -0.1) is 24.0 Å². The molecule has 0 aliphatic heterocycles. The molecule has 0 unspecified atom stereocenters. The molecule has 0 bridgehead atoms. The summed E-state index contributed by atoms with van der Waals surface area (Å²) in [4.78, 5) is 14.8. The van der Waals surface area contributed by atoms with E-state index in [9.17, 15) is 4.79 Å². The van der Waals surface area contributed by atoms with Gasteiger partial charge >= 0.3 is 5.97 Å². The van der Waals surface area contributed by atoms with Gasteiger partial charge in [0, 0.05) is 0 Å². The molecule has 0 amide bonds. The van der Waals surface area contributed by atoms with Gasteiger partial charge in [-0.05, 0) is 6.92 Å². The van der Waals surface area contributed by atoms with Crippen molar-refractivity contribution in [3.05, 3.63) is 11.2 Å². The molecule has 0 aromatic carbocycles. The van der Waals surface area contributed by atoms with Crippen molar-refractivity contribution in [3.63, 3.8) is 0 Å². The smallest absolute Gasteiger partial charge is 0.358 e. The second-order valence-electron chi connectivity index (χ2n) is 1.73. The van der Waals surface area contributed by atoms with Crippen molar-refractivity contribution in [2.45, 2.75) is 11.1 Å². The minimum absolute atomic E-state index is 0.306. The summed E-state index contributed by atoms with van der Waals surface area (Å²) < 4.78 is 5.32. The third kappa shape index (κ3) is 1.94. The first-order valence-corrected chi connectivity index (χ1v) is 4.38. The van der Waals surface area contributed by atoms with Crippen molar-refractivity contribution in [2.24, 2.45) is 0 Å². The molecule has 1 aromatic heterocycles. The molecule has 3 nitrogen and oxygen atoms in total. The summed E-state index contributed by atoms with van der Waals surface area (Å²) in [7, 11) is 0. The number of thiol groups is 1. The number of carbonyl (C=O) groups excluding carboxylic acids is 1. The Bertz CT molecular complexity index is 259. The molecular weight excluding hydrogens is 182 g/mol. The molecule has 1 aromatic rings. The molecule has 0 aliphatic rings. The van der Waals surface area contributed by atoms with Crippen LogP contribution in [0.25, 0.3) is 0 Å². The van der Waals surface area contributed by atoms with Crippen LogP contribution in [0.4, 0.5) is 0 Å². The standard InChI is InChI=1S/C6H7NO2S2/c1-2-9-5(8)4-6(10)11-3-7-4/h3,10H,2H2,1H3. The van der Waals surface area contributed by atoms with Gasteiger partial charge in [-0.25, -0.2) is 9.78 Å². The second-order valence-corrected chi connectivity index (χ2v) is 3.33. The molecule has 1 heterocycles. The molecule has 60 valence electrons. The maximum absolute atomic E-state index is 11.0. The summed E-state index contributed by atoms with van der Waals surface area (Å²) >= 11 is 5.35. The predicted molar refractivity (Wildman–Crippen MR) is 45.3 cm³/mol. The van der Waals surface area contributed by atoms with Gasteiger partial charge in [0.2, 0.25) is 0 Å². The predicted octanol–water partition coefficient (Wildman–Crippen LogP) is 1.61. The number of thiazole rings is 1. The van der Waals surface area contributed by atoms with E-state index in [0.717, 1.165) is 0 Å². The highest BCUT2D eigenvalue weighted by atomic mass is 32.2. The summed E-state index contributed by atoms with van der Waals surface area (Å²) in [5.41, 5.74) is 1.87. The number of esters is 1. The van der Waals surface area contributed by atoms with Crippen LogP contribution in [0, 0.1) is 0 Å². The van der Waals surface area contributed by atoms with Crippen molar-refractivity contribution < 1.29 is 9.53 Å². The van der Waals surface area contributed by atoms with Gasteiger partial charge in [0.05, 0.1) is 16.3 Å². The molecule has 0 aliphatic carbocycles. The van der Waals surface area contributed by atoms with Gasteiger partial charge < -0.3 is 4.74 Å². The van der Waals surface area contributed by atoms with Gasteiger partial charge in [-0.2, -0.15) is 0 Å². The van der Waals surface area contributed by atoms with Crippen LogP contribution >= 0.6 is 24.0 Å². The van der Waals surface area contributed by atoms with Crippen LogP contribution in [0.1, 0.15) is 17.4 Å². The Labute approximate surface area is 73.8 Å². The Morgan fingerprint density at radius 2 is 2.64 bits per heavy atom. The van der Waals surface area contributed by atoms with Crippen molar-refractivity contribution >= 4 is 29.9 Å². The fraction of sp³-hybridized carbons (Fsp3) is 0.333. The third-order valence-electron chi connectivity index (χ3n) is 1.02. The minimum Gasteiger partial charge on any atom is -0.461 e. The van der Waals surface area contributed by atoms with Crippen LogP contribution in [0.3, 0.4) is 0 Å².